The van der Waals surface area contributed by atoms with Gasteiger partial charge in [0.1, 0.15) is 0 Å². The van der Waals surface area contributed by atoms with E-state index in [4.69, 9.17) is 4.74 Å². The number of nitrogens with one attached hydrogen (secondary N) is 1. The number of rotatable bonds is 7. The maximum Gasteiger partial charge on any atom is 0.0578 e. The molecule has 0 fully saturated rings. The van der Waals surface area contributed by atoms with Crippen LogP contribution in [0, 0.1) is 0 Å². The van der Waals surface area contributed by atoms with Gasteiger partial charge in [0.2, 0.25) is 0 Å². The number of ether oxygens (including phenoxy) is 1. The van der Waals surface area contributed by atoms with Gasteiger partial charge in [-0.2, -0.15) is 0 Å². The van der Waals surface area contributed by atoms with Crippen LogP contribution in [0.1, 0.15) is 35.2 Å². The van der Waals surface area contributed by atoms with E-state index in [1.54, 1.807) is 7.11 Å². The number of hydrogen-bond acceptors (Lipinski definition) is 3. The van der Waals surface area contributed by atoms with Gasteiger partial charge in [0.15, 0.2) is 0 Å². The van der Waals surface area contributed by atoms with E-state index in [1.165, 1.54) is 21.0 Å². The standard InChI is InChI=1S/C17H23NOS/c1-4-15-9-10-17(20-15)13(2)18-16-8-6-5-7-14(16)11-12-19-3/h5-10,13,18H,4,11-12H2,1-3H3. The van der Waals surface area contributed by atoms with Crippen molar-refractivity contribution >= 4 is 17.0 Å². The molecule has 2 nitrogen and oxygen atoms in total. The average Bonchev–Trinajstić information content (AvgIpc) is 2.95. The van der Waals surface area contributed by atoms with Gasteiger partial charge in [-0.3, -0.25) is 0 Å². The van der Waals surface area contributed by atoms with Gasteiger partial charge in [0.05, 0.1) is 12.6 Å². The lowest BCUT2D eigenvalue weighted by Crippen LogP contribution is -2.08. The Morgan fingerprint density at radius 1 is 1.20 bits per heavy atom. The molecule has 2 rings (SSSR count). The number of hydrogen-bond donors (Lipinski definition) is 1. The molecule has 1 N–H and O–H groups in total. The summed E-state index contributed by atoms with van der Waals surface area (Å²) in [5.41, 5.74) is 2.52. The van der Waals surface area contributed by atoms with Gasteiger partial charge in [-0.15, -0.1) is 11.3 Å². The number of methoxy groups -OCH3 is 1. The van der Waals surface area contributed by atoms with Crippen molar-refractivity contribution in [1.82, 2.24) is 0 Å². The minimum absolute atomic E-state index is 0.337. The van der Waals surface area contributed by atoms with E-state index in [2.05, 4.69) is 55.6 Å². The van der Waals surface area contributed by atoms with Crippen molar-refractivity contribution in [3.63, 3.8) is 0 Å². The summed E-state index contributed by atoms with van der Waals surface area (Å²) in [5, 5.41) is 3.63. The molecule has 1 heterocycles. The monoisotopic (exact) mass is 289 g/mol. The topological polar surface area (TPSA) is 21.3 Å². The molecule has 1 aromatic carbocycles. The number of anilines is 1. The maximum absolute atomic E-state index is 5.18. The molecule has 0 aliphatic heterocycles. The lowest BCUT2D eigenvalue weighted by molar-refractivity contribution is 0.202. The van der Waals surface area contributed by atoms with E-state index in [0.29, 0.717) is 6.04 Å². The molecular weight excluding hydrogens is 266 g/mol. The Labute approximate surface area is 125 Å². The minimum atomic E-state index is 0.337. The summed E-state index contributed by atoms with van der Waals surface area (Å²) in [6.07, 6.45) is 2.05. The fourth-order valence-electron chi connectivity index (χ4n) is 2.21. The third-order valence-electron chi connectivity index (χ3n) is 3.42. The quantitative estimate of drug-likeness (QED) is 0.799. The van der Waals surface area contributed by atoms with Crippen LogP contribution in [-0.2, 0) is 17.6 Å². The molecule has 0 radical (unpaired) electrons. The SMILES string of the molecule is CCc1ccc(C(C)Nc2ccccc2CCOC)s1. The van der Waals surface area contributed by atoms with Gasteiger partial charge in [0.25, 0.3) is 0 Å². The van der Waals surface area contributed by atoms with Crippen LogP contribution in [0.15, 0.2) is 36.4 Å². The molecule has 0 aliphatic carbocycles. The van der Waals surface area contributed by atoms with Crippen LogP contribution in [0.2, 0.25) is 0 Å². The first-order chi connectivity index (χ1) is 9.74. The summed E-state index contributed by atoms with van der Waals surface area (Å²) in [7, 11) is 1.75. The molecule has 0 spiro atoms. The van der Waals surface area contributed by atoms with Crippen molar-refractivity contribution in [3.8, 4) is 0 Å². The fraction of sp³-hybridized carbons (Fsp3) is 0.412. The molecule has 0 amide bonds. The molecule has 0 aliphatic rings. The summed E-state index contributed by atoms with van der Waals surface area (Å²) >= 11 is 1.90. The molecule has 0 saturated heterocycles. The Bertz CT molecular complexity index is 535. The van der Waals surface area contributed by atoms with Crippen molar-refractivity contribution in [2.45, 2.75) is 32.7 Å². The predicted molar refractivity (Wildman–Crippen MR) is 87.8 cm³/mol. The lowest BCUT2D eigenvalue weighted by Gasteiger charge is -2.17. The Morgan fingerprint density at radius 3 is 2.70 bits per heavy atom. The fourth-order valence-corrected chi connectivity index (χ4v) is 3.17. The summed E-state index contributed by atoms with van der Waals surface area (Å²) in [5.74, 6) is 0. The van der Waals surface area contributed by atoms with Crippen LogP contribution in [0.3, 0.4) is 0 Å². The highest BCUT2D eigenvalue weighted by atomic mass is 32.1. The second-order valence-electron chi connectivity index (χ2n) is 4.92. The number of para-hydroxylation sites is 1. The van der Waals surface area contributed by atoms with Gasteiger partial charge < -0.3 is 10.1 Å². The Balaban J connectivity index is 2.08. The zero-order chi connectivity index (χ0) is 14.4. The Hall–Kier alpha value is -1.32. The van der Waals surface area contributed by atoms with Gasteiger partial charge in [-0.1, -0.05) is 25.1 Å². The maximum atomic E-state index is 5.18. The Morgan fingerprint density at radius 2 is 2.00 bits per heavy atom. The van der Waals surface area contributed by atoms with Crippen molar-refractivity contribution in [2.75, 3.05) is 19.0 Å². The second-order valence-corrected chi connectivity index (χ2v) is 6.12. The van der Waals surface area contributed by atoms with Crippen molar-refractivity contribution < 1.29 is 4.74 Å². The highest BCUT2D eigenvalue weighted by molar-refractivity contribution is 7.12. The molecule has 1 unspecified atom stereocenters. The van der Waals surface area contributed by atoms with Gasteiger partial charge in [0, 0.05) is 22.6 Å². The van der Waals surface area contributed by atoms with Crippen LogP contribution < -0.4 is 5.32 Å². The van der Waals surface area contributed by atoms with Gasteiger partial charge >= 0.3 is 0 Å². The zero-order valence-electron chi connectivity index (χ0n) is 12.5. The number of benzene rings is 1. The molecular formula is C17H23NOS. The largest absolute Gasteiger partial charge is 0.384 e. The second kappa shape index (κ2) is 7.46. The lowest BCUT2D eigenvalue weighted by atomic mass is 10.1. The molecule has 2 aromatic rings. The molecule has 3 heteroatoms. The van der Waals surface area contributed by atoms with Gasteiger partial charge in [-0.05, 0) is 43.5 Å². The first-order valence-electron chi connectivity index (χ1n) is 7.16. The molecule has 1 atom stereocenters. The smallest absolute Gasteiger partial charge is 0.0578 e. The zero-order valence-corrected chi connectivity index (χ0v) is 13.3. The van der Waals surface area contributed by atoms with Crippen molar-refractivity contribution in [1.29, 1.82) is 0 Å². The van der Waals surface area contributed by atoms with Gasteiger partial charge in [-0.25, -0.2) is 0 Å². The Kier molecular flexibility index (Phi) is 5.62. The minimum Gasteiger partial charge on any atom is -0.384 e. The third kappa shape index (κ3) is 3.84. The van der Waals surface area contributed by atoms with E-state index in [-0.39, 0.29) is 0 Å². The van der Waals surface area contributed by atoms with E-state index in [1.807, 2.05) is 11.3 Å². The van der Waals surface area contributed by atoms with Crippen LogP contribution in [0.5, 0.6) is 0 Å². The predicted octanol–water partition coefficient (Wildman–Crippen LogP) is 4.67. The first kappa shape index (κ1) is 15.1. The first-order valence-corrected chi connectivity index (χ1v) is 7.98. The van der Waals surface area contributed by atoms with Crippen LogP contribution in [-0.4, -0.2) is 13.7 Å². The van der Waals surface area contributed by atoms with E-state index >= 15 is 0 Å². The van der Waals surface area contributed by atoms with E-state index in [0.717, 1.165) is 19.4 Å². The number of aryl methyl sites for hydroxylation is 1. The van der Waals surface area contributed by atoms with Crippen LogP contribution in [0.4, 0.5) is 5.69 Å². The highest BCUT2D eigenvalue weighted by Gasteiger charge is 2.10. The average molecular weight is 289 g/mol. The highest BCUT2D eigenvalue weighted by Crippen LogP contribution is 2.28. The normalized spacial score (nSPS) is 12.3. The molecule has 0 bridgehead atoms. The summed E-state index contributed by atoms with van der Waals surface area (Å²) < 4.78 is 5.18. The molecule has 108 valence electrons. The molecule has 20 heavy (non-hydrogen) atoms. The van der Waals surface area contributed by atoms with E-state index in [9.17, 15) is 0 Å². The summed E-state index contributed by atoms with van der Waals surface area (Å²) in [4.78, 5) is 2.84. The molecule has 1 aromatic heterocycles. The van der Waals surface area contributed by atoms with Crippen molar-refractivity contribution in [2.24, 2.45) is 0 Å². The third-order valence-corrected chi connectivity index (χ3v) is 4.83. The van der Waals surface area contributed by atoms with Crippen LogP contribution in [0.25, 0.3) is 0 Å². The summed E-state index contributed by atoms with van der Waals surface area (Å²) in [6.45, 7) is 5.18. The van der Waals surface area contributed by atoms with Crippen molar-refractivity contribution in [3.05, 3.63) is 51.7 Å². The van der Waals surface area contributed by atoms with Crippen LogP contribution >= 0.6 is 11.3 Å². The summed E-state index contributed by atoms with van der Waals surface area (Å²) in [6, 6.07) is 13.3. The molecule has 0 saturated carbocycles. The number of thiophene rings is 1. The van der Waals surface area contributed by atoms with E-state index < -0.39 is 0 Å².